The molecule has 14 nitrogen and oxygen atoms in total. The van der Waals surface area contributed by atoms with E-state index in [1.807, 2.05) is 177 Å². The summed E-state index contributed by atoms with van der Waals surface area (Å²) in [6.45, 7) is 46.5. The second-order valence-electron chi connectivity index (χ2n) is 21.8. The molecule has 0 spiro atoms. The van der Waals surface area contributed by atoms with E-state index in [1.165, 1.54) is 73.6 Å². The summed E-state index contributed by atoms with van der Waals surface area (Å²) in [7, 11) is 0. The summed E-state index contributed by atoms with van der Waals surface area (Å²) in [5.41, 5.74) is 24.9. The molecule has 11 heterocycles. The molecule has 0 unspecified atom stereocenters. The van der Waals surface area contributed by atoms with Crippen molar-refractivity contribution in [1.29, 1.82) is 0 Å². The van der Waals surface area contributed by atoms with Gasteiger partial charge in [0.05, 0.1) is 0 Å². The van der Waals surface area contributed by atoms with E-state index in [0.717, 1.165) is 73.2 Å². The Morgan fingerprint density at radius 2 is 0.767 bits per heavy atom. The molecule has 0 amide bonds. The molecule has 11 aromatic heterocycles. The topological polar surface area (TPSA) is 182 Å². The third-order valence-corrected chi connectivity index (χ3v) is 12.5. The first kappa shape index (κ1) is 78.3. The number of pyridine rings is 9. The molecule has 11 rings (SSSR count). The van der Waals surface area contributed by atoms with Gasteiger partial charge in [-0.15, -0.1) is 0 Å². The Morgan fingerprint density at radius 1 is 0.256 bits per heavy atom. The zero-order valence-corrected chi connectivity index (χ0v) is 58.0. The summed E-state index contributed by atoms with van der Waals surface area (Å²) in [5, 5.41) is 10.3. The van der Waals surface area contributed by atoms with Gasteiger partial charge in [0.15, 0.2) is 12.4 Å². The third kappa shape index (κ3) is 39.9. The Balaban J connectivity index is 0.000000495. The minimum atomic E-state index is 0.771. The van der Waals surface area contributed by atoms with Crippen molar-refractivity contribution in [2.45, 2.75) is 159 Å². The maximum absolute atomic E-state index is 10.3. The molecule has 0 saturated heterocycles. The van der Waals surface area contributed by atoms with E-state index >= 15 is 0 Å². The number of hydrogen-bond acceptors (Lipinski definition) is 13. The van der Waals surface area contributed by atoms with E-state index in [-0.39, 0.29) is 0 Å². The van der Waals surface area contributed by atoms with Crippen molar-refractivity contribution in [2.24, 2.45) is 0 Å². The fourth-order valence-electron chi connectivity index (χ4n) is 6.98. The fraction of sp³-hybridized carbons (Fsp3) is 0.303. The van der Waals surface area contributed by atoms with Gasteiger partial charge in [-0.25, -0.2) is 19.9 Å². The SMILES string of the molecule is Cc1cc(C)c(C)cn1.Cc1cc(C)nc(C)c1.Cc1cc[n+]([O-])cc1.Cc1ccc(C)c(C)n1.Cc1ccc(C)nc1.Cc1ccnc(C)c1.Cc1ccnc(C)n1.Cc1ccncc1.Cc1ccncc1C.Cc1cnc(C)c(C)c1.Cc1ncccn1. The van der Waals surface area contributed by atoms with Gasteiger partial charge >= 0.3 is 0 Å². The predicted molar refractivity (Wildman–Crippen MR) is 372 cm³/mol. The lowest BCUT2D eigenvalue weighted by atomic mass is 10.2. The van der Waals surface area contributed by atoms with Crippen LogP contribution < -0.4 is 4.73 Å². The Kier molecular flexibility index (Phi) is 38.9. The van der Waals surface area contributed by atoms with Crippen LogP contribution in [-0.4, -0.2) is 59.8 Å². The van der Waals surface area contributed by atoms with E-state index in [9.17, 15) is 5.21 Å². The Labute approximate surface area is 539 Å². The van der Waals surface area contributed by atoms with Gasteiger partial charge in [0.25, 0.3) is 0 Å². The van der Waals surface area contributed by atoms with E-state index in [1.54, 1.807) is 49.2 Å². The molecule has 90 heavy (non-hydrogen) atoms. The molecule has 0 bridgehead atoms. The molecular formula is C76H99N13O. The summed E-state index contributed by atoms with van der Waals surface area (Å²) in [5.74, 6) is 1.66. The van der Waals surface area contributed by atoms with E-state index in [4.69, 9.17) is 0 Å². The van der Waals surface area contributed by atoms with Crippen molar-refractivity contribution >= 4 is 0 Å². The van der Waals surface area contributed by atoms with Crippen molar-refractivity contribution in [3.8, 4) is 0 Å². The molecule has 0 atom stereocenters. The zero-order chi connectivity index (χ0) is 67.6. The van der Waals surface area contributed by atoms with Gasteiger partial charge in [-0.05, 0) is 299 Å². The molecule has 0 aromatic carbocycles. The van der Waals surface area contributed by atoms with Gasteiger partial charge < -0.3 is 5.21 Å². The maximum atomic E-state index is 10.3. The number of aryl methyl sites for hydroxylation is 23. The minimum Gasteiger partial charge on any atom is -0.619 e. The van der Waals surface area contributed by atoms with Crippen LogP contribution in [0.15, 0.2) is 184 Å². The van der Waals surface area contributed by atoms with Gasteiger partial charge in [-0.3, -0.25) is 39.9 Å². The fourth-order valence-corrected chi connectivity index (χ4v) is 6.98. The highest BCUT2D eigenvalue weighted by atomic mass is 16.5. The maximum Gasteiger partial charge on any atom is 0.180 e. The summed E-state index contributed by atoms with van der Waals surface area (Å²) < 4.78 is 0.771. The smallest absolute Gasteiger partial charge is 0.180 e. The van der Waals surface area contributed by atoms with Gasteiger partial charge in [-0.2, -0.15) is 4.73 Å². The van der Waals surface area contributed by atoms with Crippen LogP contribution in [0.1, 0.15) is 130 Å². The summed E-state index contributed by atoms with van der Waals surface area (Å²) in [6, 6.07) is 33.8. The molecule has 0 aliphatic carbocycles. The highest BCUT2D eigenvalue weighted by molar-refractivity contribution is 5.24. The first-order valence-corrected chi connectivity index (χ1v) is 29.8. The Bertz CT molecular complexity index is 3320. The van der Waals surface area contributed by atoms with Crippen LogP contribution in [0.25, 0.3) is 0 Å². The van der Waals surface area contributed by atoms with Gasteiger partial charge in [0.1, 0.15) is 11.6 Å². The molecular weight excluding hydrogens is 1110 g/mol. The third-order valence-electron chi connectivity index (χ3n) is 12.5. The molecule has 11 aromatic rings. The number of rotatable bonds is 0. The second-order valence-corrected chi connectivity index (χ2v) is 21.8. The minimum absolute atomic E-state index is 0.771. The highest BCUT2D eigenvalue weighted by Gasteiger charge is 1.94. The van der Waals surface area contributed by atoms with E-state index < -0.39 is 0 Å². The lowest BCUT2D eigenvalue weighted by Crippen LogP contribution is -2.23. The van der Waals surface area contributed by atoms with Crippen molar-refractivity contribution in [2.75, 3.05) is 0 Å². The molecule has 0 saturated carbocycles. The van der Waals surface area contributed by atoms with Crippen molar-refractivity contribution in [1.82, 2.24) is 59.8 Å². The van der Waals surface area contributed by atoms with Crippen molar-refractivity contribution in [3.63, 3.8) is 0 Å². The largest absolute Gasteiger partial charge is 0.619 e. The predicted octanol–water partition coefficient (Wildman–Crippen LogP) is 17.0. The molecule has 474 valence electrons. The normalized spacial score (nSPS) is 9.32. The van der Waals surface area contributed by atoms with Crippen LogP contribution in [0, 0.1) is 164 Å². The molecule has 14 heteroatoms. The van der Waals surface area contributed by atoms with E-state index in [0.29, 0.717) is 0 Å². The Morgan fingerprint density at radius 3 is 1.14 bits per heavy atom. The van der Waals surface area contributed by atoms with Crippen molar-refractivity contribution in [3.05, 3.63) is 319 Å². The monoisotopic (exact) mass is 1210 g/mol. The van der Waals surface area contributed by atoms with Crippen LogP contribution in [0.4, 0.5) is 0 Å². The quantitative estimate of drug-likeness (QED) is 0.103. The van der Waals surface area contributed by atoms with E-state index in [2.05, 4.69) is 165 Å². The number of aromatic nitrogens is 13. The second kappa shape index (κ2) is 44.7. The summed E-state index contributed by atoms with van der Waals surface area (Å²) >= 11 is 0. The molecule has 0 radical (unpaired) electrons. The van der Waals surface area contributed by atoms with Gasteiger partial charge in [0, 0.05) is 132 Å². The van der Waals surface area contributed by atoms with Crippen LogP contribution in [0.5, 0.6) is 0 Å². The summed E-state index contributed by atoms with van der Waals surface area (Å²) in [6.07, 6.45) is 22.9. The number of hydrogen-bond donors (Lipinski definition) is 0. The molecule has 0 N–H and O–H groups in total. The van der Waals surface area contributed by atoms with Gasteiger partial charge in [-0.1, -0.05) is 18.2 Å². The van der Waals surface area contributed by atoms with Crippen LogP contribution >= 0.6 is 0 Å². The standard InChI is InChI=1S/4C8H11N.3C7H9N.C6H8N2.C6H7NO.C6H7N.C5H6N2/c1-6-4-8(3)9-5-7(6)2;1-6-4-7(2)8(3)9-5-6;1-6-4-7(2)9-8(3)5-6;1-6-4-5-7(2)9-8(6)3;1-6-3-4-8-5-7(6)2;1-6-3-4-8-7(2)5-6;1-6-3-4-7(2)8-5-6;1-5-3-4-7-6(2)8-5;1-6-2-4-7(8)5-3-6;1-6-2-4-7-5-3-6;1-5-6-3-2-4-7-5/h4*4-5H,1-3H3;3*3-5H,1-2H3;3-4H,1-2H3;2-5H,1H3;2-5H,1H3;2-4H,1H3. The zero-order valence-electron chi connectivity index (χ0n) is 58.0. The lowest BCUT2D eigenvalue weighted by Gasteiger charge is -1.97. The average molecular weight is 1210 g/mol. The van der Waals surface area contributed by atoms with Crippen LogP contribution in [-0.2, 0) is 0 Å². The van der Waals surface area contributed by atoms with Crippen molar-refractivity contribution < 1.29 is 4.73 Å². The molecule has 0 fully saturated rings. The van der Waals surface area contributed by atoms with Crippen LogP contribution in [0.2, 0.25) is 0 Å². The highest BCUT2D eigenvalue weighted by Crippen LogP contribution is 2.07. The molecule has 0 aliphatic heterocycles. The first-order chi connectivity index (χ1) is 42.5. The first-order valence-electron chi connectivity index (χ1n) is 29.8. The van der Waals surface area contributed by atoms with Crippen LogP contribution in [0.3, 0.4) is 0 Å². The molecule has 0 aliphatic rings. The van der Waals surface area contributed by atoms with Gasteiger partial charge in [0.2, 0.25) is 0 Å². The number of nitrogens with zero attached hydrogens (tertiary/aromatic N) is 13. The Hall–Kier alpha value is -9.69. The average Bonchev–Trinajstić information content (AvgIpc) is 3.65. The summed E-state index contributed by atoms with van der Waals surface area (Å²) in [4.78, 5) is 48.5. The lowest BCUT2D eigenvalue weighted by molar-refractivity contribution is -0.605.